The van der Waals surface area contributed by atoms with Crippen LogP contribution in [0.15, 0.2) is 0 Å². The summed E-state index contributed by atoms with van der Waals surface area (Å²) in [5.41, 5.74) is 0. The third-order valence-electron chi connectivity index (χ3n) is 0. The minimum atomic E-state index is -2.62. The highest BCUT2D eigenvalue weighted by molar-refractivity contribution is 7.38. The molecular formula is H5Cl2O3P. The average molecular weight is 155 g/mol. The molecule has 3 nitrogen and oxygen atoms in total. The minimum Gasteiger partial charge on any atom is -0.328 e. The van der Waals surface area contributed by atoms with Crippen molar-refractivity contribution in [3.05, 3.63) is 0 Å². The highest BCUT2D eigenvalue weighted by atomic mass is 35.5. The molecule has 6 heavy (non-hydrogen) atoms. The van der Waals surface area contributed by atoms with Gasteiger partial charge in [0.1, 0.15) is 0 Å². The van der Waals surface area contributed by atoms with Crippen molar-refractivity contribution in [1.82, 2.24) is 0 Å². The quantitative estimate of drug-likeness (QED) is 0.432. The van der Waals surface area contributed by atoms with E-state index in [0.717, 1.165) is 0 Å². The van der Waals surface area contributed by atoms with E-state index in [1.54, 1.807) is 0 Å². The van der Waals surface area contributed by atoms with Crippen molar-refractivity contribution in [2.24, 2.45) is 0 Å². The first-order chi connectivity index (χ1) is 1.73. The van der Waals surface area contributed by atoms with E-state index in [0.29, 0.717) is 0 Å². The standard InChI is InChI=1S/2ClH.H3O3P/c;;1-4(2)3/h2*1H;1-3H. The molecule has 0 radical (unpaired) electrons. The van der Waals surface area contributed by atoms with Crippen LogP contribution in [0.5, 0.6) is 0 Å². The molecule has 0 heterocycles. The largest absolute Gasteiger partial charge is 0.328 e. The lowest BCUT2D eigenvalue weighted by Crippen LogP contribution is -1.54. The van der Waals surface area contributed by atoms with E-state index in [9.17, 15) is 0 Å². The van der Waals surface area contributed by atoms with E-state index >= 15 is 0 Å². The van der Waals surface area contributed by atoms with Crippen LogP contribution >= 0.6 is 33.4 Å². The predicted molar refractivity (Wildman–Crippen MR) is 28.1 cm³/mol. The van der Waals surface area contributed by atoms with Crippen molar-refractivity contribution in [3.63, 3.8) is 0 Å². The van der Waals surface area contributed by atoms with Gasteiger partial charge in [-0.25, -0.2) is 0 Å². The molecule has 0 aliphatic carbocycles. The summed E-state index contributed by atoms with van der Waals surface area (Å²) in [6.07, 6.45) is 0. The first kappa shape index (κ1) is 15.8. The van der Waals surface area contributed by atoms with Gasteiger partial charge in [-0.1, -0.05) is 0 Å². The van der Waals surface area contributed by atoms with E-state index in [1.807, 2.05) is 0 Å². The molecule has 0 bridgehead atoms. The molecule has 0 aliphatic heterocycles. The maximum Gasteiger partial charge on any atom is 0.324 e. The van der Waals surface area contributed by atoms with Crippen molar-refractivity contribution in [2.45, 2.75) is 0 Å². The highest BCUT2D eigenvalue weighted by Gasteiger charge is 1.76. The fraction of sp³-hybridized carbons (Fsp3) is 0. The summed E-state index contributed by atoms with van der Waals surface area (Å²) in [6, 6.07) is 0. The van der Waals surface area contributed by atoms with Crippen LogP contribution in [0, 0.1) is 0 Å². The topological polar surface area (TPSA) is 60.7 Å². The third kappa shape index (κ3) is 93.4. The first-order valence-corrected chi connectivity index (χ1v) is 1.80. The second-order valence-corrected chi connectivity index (χ2v) is 0.805. The zero-order chi connectivity index (χ0) is 3.58. The fourth-order valence-electron chi connectivity index (χ4n) is 0. The molecule has 0 fully saturated rings. The molecule has 0 amide bonds. The predicted octanol–water partition coefficient (Wildman–Crippen LogP) is 0.0338. The van der Waals surface area contributed by atoms with E-state index in [2.05, 4.69) is 0 Å². The molecule has 0 saturated carbocycles. The Kier molecular flexibility index (Phi) is 24.5. The van der Waals surface area contributed by atoms with Gasteiger partial charge in [-0.3, -0.25) is 0 Å². The molecule has 3 N–H and O–H groups in total. The Balaban J connectivity index is -0.0000000450. The van der Waals surface area contributed by atoms with Crippen LogP contribution in [0.25, 0.3) is 0 Å². The first-order valence-electron chi connectivity index (χ1n) is 0.600. The Hall–Kier alpha value is 0.890. The number of hydrogen-bond acceptors (Lipinski definition) is 3. The van der Waals surface area contributed by atoms with E-state index < -0.39 is 8.60 Å². The molecule has 0 spiro atoms. The van der Waals surface area contributed by atoms with Crippen molar-refractivity contribution >= 4 is 33.4 Å². The molecule has 42 valence electrons. The lowest BCUT2D eigenvalue weighted by molar-refractivity contribution is 0.368. The summed E-state index contributed by atoms with van der Waals surface area (Å²) in [5, 5.41) is 0. The van der Waals surface area contributed by atoms with Gasteiger partial charge >= 0.3 is 8.60 Å². The molecule has 0 aromatic carbocycles. The third-order valence-corrected chi connectivity index (χ3v) is 0. The summed E-state index contributed by atoms with van der Waals surface area (Å²) in [7, 11) is -2.62. The van der Waals surface area contributed by atoms with Crippen molar-refractivity contribution in [2.75, 3.05) is 0 Å². The van der Waals surface area contributed by atoms with Crippen molar-refractivity contribution in [1.29, 1.82) is 0 Å². The zero-order valence-corrected chi connectivity index (χ0v) is 5.13. The van der Waals surface area contributed by atoms with Gasteiger partial charge in [0.25, 0.3) is 0 Å². The molecule has 6 heteroatoms. The van der Waals surface area contributed by atoms with Gasteiger partial charge in [0.2, 0.25) is 0 Å². The van der Waals surface area contributed by atoms with E-state index in [4.69, 9.17) is 14.7 Å². The number of halogens is 2. The molecule has 0 aromatic heterocycles. The van der Waals surface area contributed by atoms with Gasteiger partial charge in [-0.05, 0) is 0 Å². The Morgan fingerprint density at radius 1 is 0.833 bits per heavy atom. The zero-order valence-electron chi connectivity index (χ0n) is 2.61. The maximum atomic E-state index is 7.23. The smallest absolute Gasteiger partial charge is 0.324 e. The SMILES string of the molecule is Cl.Cl.OP(O)O. The van der Waals surface area contributed by atoms with Gasteiger partial charge in [-0.2, -0.15) is 0 Å². The van der Waals surface area contributed by atoms with Crippen LogP contribution in [0.3, 0.4) is 0 Å². The monoisotopic (exact) mass is 154 g/mol. The molecule has 0 rings (SSSR count). The van der Waals surface area contributed by atoms with Crippen LogP contribution in [-0.4, -0.2) is 14.7 Å². The summed E-state index contributed by atoms with van der Waals surface area (Å²) in [5.74, 6) is 0. The van der Waals surface area contributed by atoms with Gasteiger partial charge in [0, 0.05) is 0 Å². The molecular weight excluding hydrogens is 150 g/mol. The molecule has 0 saturated heterocycles. The summed E-state index contributed by atoms with van der Waals surface area (Å²) < 4.78 is 0. The normalized spacial score (nSPS) is 6.00. The van der Waals surface area contributed by atoms with Gasteiger partial charge < -0.3 is 14.7 Å². The van der Waals surface area contributed by atoms with Crippen LogP contribution in [0.4, 0.5) is 0 Å². The lowest BCUT2D eigenvalue weighted by atomic mass is 15.8. The lowest BCUT2D eigenvalue weighted by Gasteiger charge is -1.76. The average Bonchev–Trinajstić information content (AvgIpc) is 0.811. The van der Waals surface area contributed by atoms with Crippen LogP contribution in [-0.2, 0) is 0 Å². The van der Waals surface area contributed by atoms with Crippen LogP contribution < -0.4 is 0 Å². The Labute approximate surface area is 48.8 Å². The molecule has 0 unspecified atom stereocenters. The van der Waals surface area contributed by atoms with E-state index in [1.165, 1.54) is 0 Å². The molecule has 0 atom stereocenters. The second-order valence-electron chi connectivity index (χ2n) is 0.268. The van der Waals surface area contributed by atoms with Crippen molar-refractivity contribution < 1.29 is 14.7 Å². The molecule has 0 aromatic rings. The minimum absolute atomic E-state index is 0. The van der Waals surface area contributed by atoms with Crippen LogP contribution in [0.2, 0.25) is 0 Å². The van der Waals surface area contributed by atoms with Gasteiger partial charge in [0.15, 0.2) is 0 Å². The summed E-state index contributed by atoms with van der Waals surface area (Å²) in [4.78, 5) is 21.7. The van der Waals surface area contributed by atoms with E-state index in [-0.39, 0.29) is 24.8 Å². The highest BCUT2D eigenvalue weighted by Crippen LogP contribution is 2.11. The maximum absolute atomic E-state index is 7.23. The Morgan fingerprint density at radius 2 is 0.833 bits per heavy atom. The molecule has 0 aliphatic rings. The van der Waals surface area contributed by atoms with Gasteiger partial charge in [-0.15, -0.1) is 24.8 Å². The number of hydrogen-bond donors (Lipinski definition) is 3. The Bertz CT molecular complexity index is 13.5. The van der Waals surface area contributed by atoms with Gasteiger partial charge in [0.05, 0.1) is 0 Å². The van der Waals surface area contributed by atoms with Crippen molar-refractivity contribution in [3.8, 4) is 0 Å². The second kappa shape index (κ2) is 9.31. The summed E-state index contributed by atoms with van der Waals surface area (Å²) >= 11 is 0. The summed E-state index contributed by atoms with van der Waals surface area (Å²) in [6.45, 7) is 0. The Morgan fingerprint density at radius 3 is 0.833 bits per heavy atom. The van der Waals surface area contributed by atoms with Crippen LogP contribution in [0.1, 0.15) is 0 Å². The number of rotatable bonds is 0. The fourth-order valence-corrected chi connectivity index (χ4v) is 0.